The van der Waals surface area contributed by atoms with E-state index in [1.165, 1.54) is 24.7 Å². The fourth-order valence-electron chi connectivity index (χ4n) is 3.25. The highest BCUT2D eigenvalue weighted by Crippen LogP contribution is 2.24. The van der Waals surface area contributed by atoms with Crippen LogP contribution >= 0.6 is 0 Å². The Morgan fingerprint density at radius 3 is 3.04 bits per heavy atom. The number of hydrogen-bond acceptors (Lipinski definition) is 4. The number of halogens is 1. The Balaban J connectivity index is 1.61. The average Bonchev–Trinajstić information content (AvgIpc) is 3.02. The normalized spacial score (nSPS) is 20.9. The summed E-state index contributed by atoms with van der Waals surface area (Å²) in [4.78, 5) is 4.22. The molecule has 1 N–H and O–H groups in total. The predicted molar refractivity (Wildman–Crippen MR) is 90.7 cm³/mol. The van der Waals surface area contributed by atoms with Crippen LogP contribution in [0.1, 0.15) is 37.1 Å². The molecule has 2 aromatic rings. The van der Waals surface area contributed by atoms with Gasteiger partial charge in [0, 0.05) is 6.04 Å². The first-order chi connectivity index (χ1) is 11.8. The first-order valence-corrected chi connectivity index (χ1v) is 8.65. The van der Waals surface area contributed by atoms with Crippen molar-refractivity contribution in [1.29, 1.82) is 0 Å². The van der Waals surface area contributed by atoms with Crippen molar-refractivity contribution in [2.24, 2.45) is 0 Å². The van der Waals surface area contributed by atoms with Crippen LogP contribution in [-0.2, 0) is 13.1 Å². The lowest BCUT2D eigenvalue weighted by Gasteiger charge is -2.32. The molecule has 0 spiro atoms. The van der Waals surface area contributed by atoms with Gasteiger partial charge in [-0.05, 0) is 43.9 Å². The Morgan fingerprint density at radius 2 is 2.21 bits per heavy atom. The molecular formula is C18H25FN4O. The summed E-state index contributed by atoms with van der Waals surface area (Å²) in [5.74, 6) is 1.70. The van der Waals surface area contributed by atoms with Gasteiger partial charge in [-0.1, -0.05) is 18.6 Å². The summed E-state index contributed by atoms with van der Waals surface area (Å²) in [6.45, 7) is 2.48. The Bertz CT molecular complexity index is 645. The standard InChI is InChI=1S/C18H25FN4O/c1-14-5-4-6-15(11-14)24-17-8-3-2-7-16(17)20-12-18-21-13-22-23(18)10-9-19/h4-6,11,13,16-17,20H,2-3,7-10,12H2,1H3/t16-,17-/m0/s1. The SMILES string of the molecule is Cc1cccc(O[C@H]2CCCC[C@@H]2NCc2ncnn2CCF)c1. The second-order valence-corrected chi connectivity index (χ2v) is 6.33. The summed E-state index contributed by atoms with van der Waals surface area (Å²) >= 11 is 0. The first-order valence-electron chi connectivity index (χ1n) is 8.65. The van der Waals surface area contributed by atoms with Crippen molar-refractivity contribution in [3.8, 4) is 5.75 Å². The first kappa shape index (κ1) is 16.9. The summed E-state index contributed by atoms with van der Waals surface area (Å²) in [6, 6.07) is 8.45. The largest absolute Gasteiger partial charge is 0.489 e. The molecule has 6 heteroatoms. The van der Waals surface area contributed by atoms with Gasteiger partial charge >= 0.3 is 0 Å². The maximum absolute atomic E-state index is 12.5. The number of nitrogens with zero attached hydrogens (tertiary/aromatic N) is 3. The van der Waals surface area contributed by atoms with Gasteiger partial charge in [0.2, 0.25) is 0 Å². The van der Waals surface area contributed by atoms with Crippen LogP contribution in [-0.4, -0.2) is 33.6 Å². The highest BCUT2D eigenvalue weighted by molar-refractivity contribution is 5.27. The minimum absolute atomic E-state index is 0.151. The van der Waals surface area contributed by atoms with Crippen molar-refractivity contribution < 1.29 is 9.13 Å². The summed E-state index contributed by atoms with van der Waals surface area (Å²) in [5, 5.41) is 7.60. The highest BCUT2D eigenvalue weighted by atomic mass is 19.1. The molecule has 1 saturated carbocycles. The molecule has 2 atom stereocenters. The van der Waals surface area contributed by atoms with E-state index in [0.717, 1.165) is 24.4 Å². The van der Waals surface area contributed by atoms with E-state index >= 15 is 0 Å². The fraction of sp³-hybridized carbons (Fsp3) is 0.556. The molecular weight excluding hydrogens is 307 g/mol. The lowest BCUT2D eigenvalue weighted by Crippen LogP contribution is -2.45. The van der Waals surface area contributed by atoms with Crippen molar-refractivity contribution >= 4 is 0 Å². The Hall–Kier alpha value is -1.95. The molecule has 0 radical (unpaired) electrons. The van der Waals surface area contributed by atoms with E-state index in [1.54, 1.807) is 4.68 Å². The van der Waals surface area contributed by atoms with Crippen molar-refractivity contribution in [3.05, 3.63) is 42.0 Å². The van der Waals surface area contributed by atoms with Crippen molar-refractivity contribution in [3.63, 3.8) is 0 Å². The molecule has 1 aromatic heterocycles. The van der Waals surface area contributed by atoms with E-state index in [4.69, 9.17) is 4.74 Å². The van der Waals surface area contributed by atoms with E-state index < -0.39 is 6.67 Å². The number of hydrogen-bond donors (Lipinski definition) is 1. The lowest BCUT2D eigenvalue weighted by molar-refractivity contribution is 0.112. The van der Waals surface area contributed by atoms with Crippen LogP contribution < -0.4 is 10.1 Å². The van der Waals surface area contributed by atoms with Crippen LogP contribution in [0, 0.1) is 6.92 Å². The molecule has 0 aliphatic heterocycles. The smallest absolute Gasteiger partial charge is 0.140 e. The van der Waals surface area contributed by atoms with Gasteiger partial charge in [0.15, 0.2) is 0 Å². The second-order valence-electron chi connectivity index (χ2n) is 6.33. The summed E-state index contributed by atoms with van der Waals surface area (Å²) < 4.78 is 20.4. The topological polar surface area (TPSA) is 52.0 Å². The number of rotatable bonds is 7. The zero-order chi connectivity index (χ0) is 16.8. The van der Waals surface area contributed by atoms with Crippen LogP contribution in [0.2, 0.25) is 0 Å². The minimum Gasteiger partial charge on any atom is -0.489 e. The zero-order valence-electron chi connectivity index (χ0n) is 14.1. The fourth-order valence-corrected chi connectivity index (χ4v) is 3.25. The average molecular weight is 332 g/mol. The number of benzene rings is 1. The zero-order valence-corrected chi connectivity index (χ0v) is 14.1. The maximum Gasteiger partial charge on any atom is 0.140 e. The molecule has 1 aromatic carbocycles. The molecule has 1 aliphatic carbocycles. The van der Waals surface area contributed by atoms with E-state index in [1.807, 2.05) is 12.1 Å². The number of ether oxygens (including phenoxy) is 1. The third-order valence-corrected chi connectivity index (χ3v) is 4.49. The molecule has 5 nitrogen and oxygen atoms in total. The Kier molecular flexibility index (Phi) is 5.80. The molecule has 0 saturated heterocycles. The van der Waals surface area contributed by atoms with Crippen molar-refractivity contribution in [2.45, 2.75) is 57.8 Å². The molecule has 130 valence electrons. The third-order valence-electron chi connectivity index (χ3n) is 4.49. The lowest BCUT2D eigenvalue weighted by atomic mass is 9.92. The number of nitrogens with one attached hydrogen (secondary N) is 1. The molecule has 24 heavy (non-hydrogen) atoms. The molecule has 0 bridgehead atoms. The molecule has 1 fully saturated rings. The van der Waals surface area contributed by atoms with Gasteiger partial charge in [-0.3, -0.25) is 0 Å². The summed E-state index contributed by atoms with van der Waals surface area (Å²) in [6.07, 6.45) is 6.14. The summed E-state index contributed by atoms with van der Waals surface area (Å²) in [7, 11) is 0. The van der Waals surface area contributed by atoms with Crippen molar-refractivity contribution in [1.82, 2.24) is 20.1 Å². The summed E-state index contributed by atoms with van der Waals surface area (Å²) in [5.41, 5.74) is 1.20. The number of aromatic nitrogens is 3. The molecule has 1 heterocycles. The third kappa shape index (κ3) is 4.32. The van der Waals surface area contributed by atoms with Gasteiger partial charge in [0.05, 0.1) is 13.1 Å². The number of aryl methyl sites for hydroxylation is 2. The molecule has 1 aliphatic rings. The Labute approximate surface area is 142 Å². The molecule has 0 unspecified atom stereocenters. The maximum atomic E-state index is 12.5. The number of alkyl halides is 1. The quantitative estimate of drug-likeness (QED) is 0.847. The van der Waals surface area contributed by atoms with Crippen LogP contribution in [0.4, 0.5) is 4.39 Å². The highest BCUT2D eigenvalue weighted by Gasteiger charge is 2.26. The molecule has 0 amide bonds. The second kappa shape index (κ2) is 8.24. The Morgan fingerprint density at radius 1 is 1.33 bits per heavy atom. The van der Waals surface area contributed by atoms with Crippen LogP contribution in [0.5, 0.6) is 5.75 Å². The van der Waals surface area contributed by atoms with Crippen LogP contribution in [0.25, 0.3) is 0 Å². The van der Waals surface area contributed by atoms with Gasteiger partial charge < -0.3 is 10.1 Å². The van der Waals surface area contributed by atoms with Gasteiger partial charge in [-0.2, -0.15) is 5.10 Å². The van der Waals surface area contributed by atoms with E-state index in [2.05, 4.69) is 34.5 Å². The van der Waals surface area contributed by atoms with Gasteiger partial charge in [0.1, 0.15) is 30.7 Å². The van der Waals surface area contributed by atoms with E-state index in [0.29, 0.717) is 6.54 Å². The van der Waals surface area contributed by atoms with Crippen LogP contribution in [0.15, 0.2) is 30.6 Å². The van der Waals surface area contributed by atoms with Gasteiger partial charge in [-0.25, -0.2) is 14.1 Å². The van der Waals surface area contributed by atoms with Crippen molar-refractivity contribution in [2.75, 3.05) is 6.67 Å². The monoisotopic (exact) mass is 332 g/mol. The van der Waals surface area contributed by atoms with Gasteiger partial charge in [0.25, 0.3) is 0 Å². The van der Waals surface area contributed by atoms with E-state index in [9.17, 15) is 4.39 Å². The predicted octanol–water partition coefficient (Wildman–Crippen LogP) is 3.04. The molecule has 3 rings (SSSR count). The van der Waals surface area contributed by atoms with E-state index in [-0.39, 0.29) is 18.7 Å². The minimum atomic E-state index is -0.432. The van der Waals surface area contributed by atoms with Gasteiger partial charge in [-0.15, -0.1) is 0 Å². The van der Waals surface area contributed by atoms with Crippen LogP contribution in [0.3, 0.4) is 0 Å².